The maximum Gasteiger partial charge on any atom is 0.155 e. The van der Waals surface area contributed by atoms with E-state index in [0.717, 1.165) is 22.8 Å². The molecule has 4 nitrogen and oxygen atoms in total. The van der Waals surface area contributed by atoms with Crippen molar-refractivity contribution in [1.29, 1.82) is 0 Å². The summed E-state index contributed by atoms with van der Waals surface area (Å²) >= 11 is 4.97. The van der Waals surface area contributed by atoms with Gasteiger partial charge in [-0.25, -0.2) is 0 Å². The van der Waals surface area contributed by atoms with Crippen LogP contribution in [0.5, 0.6) is 0 Å². The van der Waals surface area contributed by atoms with E-state index in [1.165, 1.54) is 0 Å². The normalized spacial score (nSPS) is 10.1. The molecule has 0 amide bonds. The first-order valence-corrected chi connectivity index (χ1v) is 5.92. The van der Waals surface area contributed by atoms with Crippen LogP contribution in [-0.2, 0) is 0 Å². The van der Waals surface area contributed by atoms with E-state index in [1.54, 1.807) is 0 Å². The highest BCUT2D eigenvalue weighted by Crippen LogP contribution is 2.21. The Morgan fingerprint density at radius 2 is 2.00 bits per heavy atom. The van der Waals surface area contributed by atoms with E-state index in [0.29, 0.717) is 4.99 Å². The standard InChI is InChI=1S/C13H14N4S/c1-9-6-7-12(16-15-9)17(2)11-5-3-4-10(8-11)13(14)18/h3-8H,1-2H3,(H2,14,18). The number of hydrogen-bond donors (Lipinski definition) is 1. The molecule has 1 heterocycles. The maximum atomic E-state index is 5.63. The van der Waals surface area contributed by atoms with E-state index in [-0.39, 0.29) is 0 Å². The summed E-state index contributed by atoms with van der Waals surface area (Å²) in [7, 11) is 1.93. The van der Waals surface area contributed by atoms with Gasteiger partial charge in [-0.05, 0) is 31.2 Å². The lowest BCUT2D eigenvalue weighted by atomic mass is 10.2. The number of hydrogen-bond acceptors (Lipinski definition) is 4. The zero-order chi connectivity index (χ0) is 13.1. The number of rotatable bonds is 3. The SMILES string of the molecule is Cc1ccc(N(C)c2cccc(C(N)=S)c2)nn1. The van der Waals surface area contributed by atoms with Gasteiger partial charge in [0.05, 0.1) is 5.69 Å². The summed E-state index contributed by atoms with van der Waals surface area (Å²) in [5.74, 6) is 0.778. The number of aryl methyl sites for hydroxylation is 1. The molecule has 0 spiro atoms. The minimum Gasteiger partial charge on any atom is -0.389 e. The van der Waals surface area contributed by atoms with Crippen molar-refractivity contribution in [3.8, 4) is 0 Å². The van der Waals surface area contributed by atoms with Gasteiger partial charge in [-0.2, -0.15) is 5.10 Å². The van der Waals surface area contributed by atoms with Crippen molar-refractivity contribution in [2.75, 3.05) is 11.9 Å². The Labute approximate surface area is 111 Å². The Bertz CT molecular complexity index is 565. The predicted octanol–water partition coefficient (Wildman–Crippen LogP) is 2.19. The van der Waals surface area contributed by atoms with Crippen LogP contribution in [-0.4, -0.2) is 22.2 Å². The third-order valence-electron chi connectivity index (χ3n) is 2.65. The molecule has 0 aliphatic heterocycles. The molecule has 92 valence electrons. The molecule has 0 aliphatic rings. The summed E-state index contributed by atoms with van der Waals surface area (Å²) in [6, 6.07) is 11.6. The lowest BCUT2D eigenvalue weighted by Gasteiger charge is -2.18. The summed E-state index contributed by atoms with van der Waals surface area (Å²) in [6.07, 6.45) is 0. The van der Waals surface area contributed by atoms with Gasteiger partial charge in [-0.3, -0.25) is 0 Å². The predicted molar refractivity (Wildman–Crippen MR) is 77.2 cm³/mol. The van der Waals surface area contributed by atoms with Gasteiger partial charge >= 0.3 is 0 Å². The lowest BCUT2D eigenvalue weighted by molar-refractivity contribution is 0.951. The fraction of sp³-hybridized carbons (Fsp3) is 0.154. The summed E-state index contributed by atoms with van der Waals surface area (Å²) < 4.78 is 0. The first-order valence-electron chi connectivity index (χ1n) is 5.52. The fourth-order valence-corrected chi connectivity index (χ4v) is 1.70. The maximum absolute atomic E-state index is 5.63. The number of anilines is 2. The highest BCUT2D eigenvalue weighted by Gasteiger charge is 2.07. The molecule has 0 saturated carbocycles. The lowest BCUT2D eigenvalue weighted by Crippen LogP contribution is -2.14. The van der Waals surface area contributed by atoms with E-state index in [2.05, 4.69) is 10.2 Å². The molecule has 18 heavy (non-hydrogen) atoms. The molecule has 0 radical (unpaired) electrons. The van der Waals surface area contributed by atoms with Crippen molar-refractivity contribution in [2.24, 2.45) is 5.73 Å². The topological polar surface area (TPSA) is 55.0 Å². The molecular weight excluding hydrogens is 244 g/mol. The minimum absolute atomic E-state index is 0.389. The Hall–Kier alpha value is -2.01. The monoisotopic (exact) mass is 258 g/mol. The molecule has 0 bridgehead atoms. The minimum atomic E-state index is 0.389. The molecular formula is C13H14N4S. The molecule has 2 N–H and O–H groups in total. The van der Waals surface area contributed by atoms with E-state index in [4.69, 9.17) is 18.0 Å². The Morgan fingerprint density at radius 1 is 1.22 bits per heavy atom. The Balaban J connectivity index is 2.33. The highest BCUT2D eigenvalue weighted by molar-refractivity contribution is 7.80. The van der Waals surface area contributed by atoms with E-state index in [1.807, 2.05) is 55.3 Å². The smallest absolute Gasteiger partial charge is 0.155 e. The van der Waals surface area contributed by atoms with Gasteiger partial charge in [0.2, 0.25) is 0 Å². The van der Waals surface area contributed by atoms with Gasteiger partial charge in [0.1, 0.15) is 4.99 Å². The zero-order valence-corrected chi connectivity index (χ0v) is 11.1. The van der Waals surface area contributed by atoms with Gasteiger partial charge < -0.3 is 10.6 Å². The van der Waals surface area contributed by atoms with Crippen molar-refractivity contribution in [3.05, 3.63) is 47.7 Å². The third kappa shape index (κ3) is 2.62. The van der Waals surface area contributed by atoms with Crippen molar-refractivity contribution in [1.82, 2.24) is 10.2 Å². The van der Waals surface area contributed by atoms with E-state index >= 15 is 0 Å². The van der Waals surface area contributed by atoms with Crippen LogP contribution in [0.4, 0.5) is 11.5 Å². The van der Waals surface area contributed by atoms with Crippen molar-refractivity contribution in [2.45, 2.75) is 6.92 Å². The van der Waals surface area contributed by atoms with E-state index in [9.17, 15) is 0 Å². The van der Waals surface area contributed by atoms with Gasteiger partial charge in [0.15, 0.2) is 5.82 Å². The van der Waals surface area contributed by atoms with Crippen LogP contribution in [0, 0.1) is 6.92 Å². The number of nitrogens with zero attached hydrogens (tertiary/aromatic N) is 3. The van der Waals surface area contributed by atoms with Gasteiger partial charge in [-0.1, -0.05) is 24.4 Å². The summed E-state index contributed by atoms with van der Waals surface area (Å²) in [5, 5.41) is 8.18. The summed E-state index contributed by atoms with van der Waals surface area (Å²) in [4.78, 5) is 2.33. The summed E-state index contributed by atoms with van der Waals surface area (Å²) in [6.45, 7) is 1.91. The first-order chi connectivity index (χ1) is 8.58. The van der Waals surface area contributed by atoms with Crippen LogP contribution in [0.1, 0.15) is 11.3 Å². The molecule has 2 aromatic rings. The van der Waals surface area contributed by atoms with Crippen LogP contribution < -0.4 is 10.6 Å². The molecule has 1 aromatic carbocycles. The summed E-state index contributed by atoms with van der Waals surface area (Å²) in [5.41, 5.74) is 8.33. The Morgan fingerprint density at radius 3 is 2.61 bits per heavy atom. The van der Waals surface area contributed by atoms with Crippen molar-refractivity contribution >= 4 is 28.7 Å². The number of nitrogens with two attached hydrogens (primary N) is 1. The second kappa shape index (κ2) is 5.10. The van der Waals surface area contributed by atoms with Gasteiger partial charge in [0, 0.05) is 18.3 Å². The van der Waals surface area contributed by atoms with Crippen molar-refractivity contribution in [3.63, 3.8) is 0 Å². The Kier molecular flexibility index (Phi) is 3.53. The molecule has 0 saturated heterocycles. The molecule has 0 atom stereocenters. The average molecular weight is 258 g/mol. The second-order valence-electron chi connectivity index (χ2n) is 4.01. The fourth-order valence-electron chi connectivity index (χ4n) is 1.57. The van der Waals surface area contributed by atoms with Crippen LogP contribution in [0.25, 0.3) is 0 Å². The molecule has 2 rings (SSSR count). The second-order valence-corrected chi connectivity index (χ2v) is 4.45. The molecule has 0 unspecified atom stereocenters. The number of thiocarbonyl (C=S) groups is 1. The van der Waals surface area contributed by atoms with E-state index < -0.39 is 0 Å². The number of benzene rings is 1. The molecule has 0 fully saturated rings. The van der Waals surface area contributed by atoms with Gasteiger partial charge in [-0.15, -0.1) is 5.10 Å². The van der Waals surface area contributed by atoms with Crippen LogP contribution in [0.2, 0.25) is 0 Å². The largest absolute Gasteiger partial charge is 0.389 e. The van der Waals surface area contributed by atoms with Crippen LogP contribution in [0.3, 0.4) is 0 Å². The quantitative estimate of drug-likeness (QED) is 0.855. The highest BCUT2D eigenvalue weighted by atomic mass is 32.1. The molecule has 0 aliphatic carbocycles. The van der Waals surface area contributed by atoms with Gasteiger partial charge in [0.25, 0.3) is 0 Å². The van der Waals surface area contributed by atoms with Crippen LogP contribution >= 0.6 is 12.2 Å². The third-order valence-corrected chi connectivity index (χ3v) is 2.88. The van der Waals surface area contributed by atoms with Crippen LogP contribution in [0.15, 0.2) is 36.4 Å². The zero-order valence-electron chi connectivity index (χ0n) is 10.3. The number of aromatic nitrogens is 2. The molecule has 1 aromatic heterocycles. The average Bonchev–Trinajstić information content (AvgIpc) is 2.39. The van der Waals surface area contributed by atoms with Crippen molar-refractivity contribution < 1.29 is 0 Å². The molecule has 5 heteroatoms. The first kappa shape index (κ1) is 12.4.